The summed E-state index contributed by atoms with van der Waals surface area (Å²) in [6.45, 7) is 0.373. The molecule has 3 amide bonds. The maximum absolute atomic E-state index is 13.9. The lowest BCUT2D eigenvalue weighted by Gasteiger charge is -2.43. The van der Waals surface area contributed by atoms with E-state index < -0.39 is 113 Å². The van der Waals surface area contributed by atoms with Crippen molar-refractivity contribution in [1.29, 1.82) is 0 Å². The number of methoxy groups -OCH3 is 1. The maximum Gasteiger partial charge on any atom is 0.253 e. The molecule has 4 aliphatic rings. The fourth-order valence-corrected chi connectivity index (χ4v) is 6.95. The number of carbonyl (C=O) groups is 5. The fourth-order valence-electron chi connectivity index (χ4n) is 6.95. The predicted molar refractivity (Wildman–Crippen MR) is 173 cm³/mol. The topological polar surface area (TPSA) is 268 Å². The summed E-state index contributed by atoms with van der Waals surface area (Å²) in [7, 11) is 1.31. The summed E-state index contributed by atoms with van der Waals surface area (Å²) in [4.78, 5) is 64.9. The Morgan fingerprint density at radius 3 is 2.43 bits per heavy atom. The van der Waals surface area contributed by atoms with Gasteiger partial charge in [-0.25, -0.2) is 5.43 Å². The van der Waals surface area contributed by atoms with Gasteiger partial charge < -0.3 is 45.5 Å². The first-order chi connectivity index (χ1) is 24.2. The van der Waals surface area contributed by atoms with E-state index in [-0.39, 0.29) is 47.4 Å². The summed E-state index contributed by atoms with van der Waals surface area (Å²) in [5, 5.41) is 60.1. The SMILES string of the molecule is COc1cccc2c1C(=O)c1c(O)c3c(c(O)c1C2=O)CC(O)(/C(CO)=N/NC(=O)CCN1C(=O)C=CC1=O)C[C@@H]3OC1CC(N)C(O)C(C)O1. The Hall–Kier alpha value is -5.04. The highest BCUT2D eigenvalue weighted by atomic mass is 16.7. The molecule has 17 nitrogen and oxygen atoms in total. The molecule has 2 aromatic carbocycles. The number of benzene rings is 2. The van der Waals surface area contributed by atoms with E-state index in [1.54, 1.807) is 6.92 Å². The van der Waals surface area contributed by atoms with Crippen LogP contribution in [0.25, 0.3) is 0 Å². The molecule has 0 saturated carbocycles. The molecule has 5 unspecified atom stereocenters. The summed E-state index contributed by atoms with van der Waals surface area (Å²) >= 11 is 0. The van der Waals surface area contributed by atoms with E-state index in [4.69, 9.17) is 19.9 Å². The third kappa shape index (κ3) is 6.17. The average molecular weight is 709 g/mol. The van der Waals surface area contributed by atoms with Gasteiger partial charge in [0.2, 0.25) is 11.7 Å². The number of aliphatic hydroxyl groups is 3. The van der Waals surface area contributed by atoms with Gasteiger partial charge in [-0.2, -0.15) is 5.10 Å². The lowest BCUT2D eigenvalue weighted by molar-refractivity contribution is -0.245. The second kappa shape index (κ2) is 13.6. The van der Waals surface area contributed by atoms with E-state index in [1.807, 2.05) is 0 Å². The van der Waals surface area contributed by atoms with Gasteiger partial charge in [0, 0.05) is 67.1 Å². The number of fused-ring (bicyclic) bond motifs is 3. The van der Waals surface area contributed by atoms with Crippen LogP contribution in [0.1, 0.15) is 75.3 Å². The van der Waals surface area contributed by atoms with Crippen LogP contribution in [0.4, 0.5) is 0 Å². The number of hydrogen-bond acceptors (Lipinski definition) is 15. The molecular weight excluding hydrogens is 672 g/mol. The molecule has 1 saturated heterocycles. The Kier molecular flexibility index (Phi) is 9.53. The van der Waals surface area contributed by atoms with Crippen molar-refractivity contribution in [2.45, 2.75) is 68.9 Å². The number of nitrogens with zero attached hydrogens (tertiary/aromatic N) is 2. The molecule has 0 spiro atoms. The van der Waals surface area contributed by atoms with Crippen molar-refractivity contribution in [2.75, 3.05) is 20.3 Å². The Morgan fingerprint density at radius 2 is 1.78 bits per heavy atom. The standard InChI is InChI=1S/C34H36N4O13/c1-14-29(43)17(35)10-24(50-14)51-19-12-34(48,20(13-39)36-37-21(40)8-9-38-22(41)6-7-23(38)42)11-16-26(19)33(47)28-27(31(16)45)30(44)15-4-3-5-18(49-2)25(15)32(28)46/h3-7,14,17,19,24,29,39,43,45,47-48H,8-13,35H2,1-2H3,(H,37,40)/b36-20+/t14?,17?,19-,24?,29?,34?/m0/s1. The Bertz CT molecular complexity index is 1880. The number of hydrogen-bond donors (Lipinski definition) is 7. The van der Waals surface area contributed by atoms with E-state index in [0.717, 1.165) is 17.1 Å². The van der Waals surface area contributed by atoms with E-state index in [9.17, 15) is 49.5 Å². The Balaban J connectivity index is 1.39. The van der Waals surface area contributed by atoms with Gasteiger partial charge in [-0.3, -0.25) is 28.9 Å². The minimum atomic E-state index is -2.21. The van der Waals surface area contributed by atoms with Crippen LogP contribution in [0.2, 0.25) is 0 Å². The summed E-state index contributed by atoms with van der Waals surface area (Å²) in [5.74, 6) is -4.95. The fraction of sp³-hybridized carbons (Fsp3) is 0.412. The van der Waals surface area contributed by atoms with Crippen LogP contribution in [0, 0.1) is 0 Å². The Labute approximate surface area is 289 Å². The molecular formula is C34H36N4O13. The molecule has 8 N–H and O–H groups in total. The number of phenols is 2. The van der Waals surface area contributed by atoms with Crippen molar-refractivity contribution in [3.05, 3.63) is 63.7 Å². The quantitative estimate of drug-likeness (QED) is 0.0622. The molecule has 1 fully saturated rings. The predicted octanol–water partition coefficient (Wildman–Crippen LogP) is -0.780. The van der Waals surface area contributed by atoms with Crippen LogP contribution >= 0.6 is 0 Å². The highest BCUT2D eigenvalue weighted by Gasteiger charge is 2.49. The number of nitrogens with two attached hydrogens (primary N) is 1. The smallest absolute Gasteiger partial charge is 0.253 e. The van der Waals surface area contributed by atoms with Crippen LogP contribution < -0.4 is 15.9 Å². The molecule has 51 heavy (non-hydrogen) atoms. The highest BCUT2D eigenvalue weighted by Crippen LogP contribution is 2.52. The van der Waals surface area contributed by atoms with Gasteiger partial charge in [0.05, 0.1) is 54.4 Å². The van der Waals surface area contributed by atoms with Crippen molar-refractivity contribution < 1.29 is 63.7 Å². The summed E-state index contributed by atoms with van der Waals surface area (Å²) in [6.07, 6.45) is -3.70. The summed E-state index contributed by atoms with van der Waals surface area (Å²) in [6, 6.07) is 3.52. The Morgan fingerprint density at radius 1 is 1.10 bits per heavy atom. The number of nitrogens with one attached hydrogen (secondary N) is 1. The van der Waals surface area contributed by atoms with E-state index >= 15 is 0 Å². The first-order valence-electron chi connectivity index (χ1n) is 16.0. The molecule has 0 aromatic heterocycles. The van der Waals surface area contributed by atoms with Crippen LogP contribution in [-0.2, 0) is 30.3 Å². The van der Waals surface area contributed by atoms with E-state index in [1.165, 1.54) is 25.3 Å². The van der Waals surface area contributed by atoms with Crippen LogP contribution in [0.5, 0.6) is 17.2 Å². The first kappa shape index (κ1) is 35.8. The van der Waals surface area contributed by atoms with Crippen LogP contribution in [0.15, 0.2) is 35.5 Å². The molecule has 17 heteroatoms. The molecule has 6 rings (SSSR count). The molecule has 2 heterocycles. The zero-order valence-corrected chi connectivity index (χ0v) is 27.5. The molecule has 270 valence electrons. The number of phenolic OH excluding ortho intramolecular Hbond substituents is 2. The number of ether oxygens (including phenoxy) is 3. The molecule has 2 aliphatic carbocycles. The number of aliphatic hydroxyl groups excluding tert-OH is 2. The van der Waals surface area contributed by atoms with Gasteiger partial charge >= 0.3 is 0 Å². The van der Waals surface area contributed by atoms with Crippen molar-refractivity contribution in [3.63, 3.8) is 0 Å². The second-order valence-corrected chi connectivity index (χ2v) is 12.7. The van der Waals surface area contributed by atoms with Crippen molar-refractivity contribution in [2.24, 2.45) is 10.8 Å². The van der Waals surface area contributed by atoms with E-state index in [2.05, 4.69) is 10.5 Å². The maximum atomic E-state index is 13.9. The van der Waals surface area contributed by atoms with Gasteiger partial charge in [0.1, 0.15) is 22.8 Å². The van der Waals surface area contributed by atoms with Gasteiger partial charge in [0.15, 0.2) is 12.1 Å². The number of hydrazone groups is 1. The van der Waals surface area contributed by atoms with Gasteiger partial charge in [-0.05, 0) is 13.0 Å². The van der Waals surface area contributed by atoms with Crippen LogP contribution in [-0.4, -0.2) is 116 Å². The van der Waals surface area contributed by atoms with Crippen LogP contribution in [0.3, 0.4) is 0 Å². The third-order valence-electron chi connectivity index (χ3n) is 9.61. The molecule has 0 radical (unpaired) electrons. The van der Waals surface area contributed by atoms with Crippen molar-refractivity contribution in [3.8, 4) is 17.2 Å². The molecule has 0 bridgehead atoms. The second-order valence-electron chi connectivity index (χ2n) is 12.7. The van der Waals surface area contributed by atoms with Crippen molar-refractivity contribution >= 4 is 35.0 Å². The zero-order chi connectivity index (χ0) is 36.9. The van der Waals surface area contributed by atoms with Crippen molar-refractivity contribution in [1.82, 2.24) is 10.3 Å². The normalized spacial score (nSPS) is 27.3. The number of ketones is 2. The highest BCUT2D eigenvalue weighted by molar-refractivity contribution is 6.31. The molecule has 2 aromatic rings. The summed E-state index contributed by atoms with van der Waals surface area (Å²) in [5.41, 5.74) is 4.05. The minimum absolute atomic E-state index is 0.0377. The number of amides is 3. The zero-order valence-electron chi connectivity index (χ0n) is 27.5. The molecule has 2 aliphatic heterocycles. The number of rotatable bonds is 9. The molecule has 6 atom stereocenters. The van der Waals surface area contributed by atoms with Gasteiger partial charge in [0.25, 0.3) is 11.8 Å². The third-order valence-corrected chi connectivity index (χ3v) is 9.61. The lowest BCUT2D eigenvalue weighted by atomic mass is 9.71. The monoisotopic (exact) mass is 708 g/mol. The first-order valence-corrected chi connectivity index (χ1v) is 16.0. The number of aromatic hydroxyl groups is 2. The van der Waals surface area contributed by atoms with E-state index in [0.29, 0.717) is 0 Å². The number of imide groups is 1. The minimum Gasteiger partial charge on any atom is -0.507 e. The van der Waals surface area contributed by atoms with Gasteiger partial charge in [-0.1, -0.05) is 12.1 Å². The largest absolute Gasteiger partial charge is 0.507 e. The number of carbonyl (C=O) groups excluding carboxylic acids is 5. The lowest BCUT2D eigenvalue weighted by Crippen LogP contribution is -2.53. The average Bonchev–Trinajstić information content (AvgIpc) is 3.42. The summed E-state index contributed by atoms with van der Waals surface area (Å²) < 4.78 is 17.3. The van der Waals surface area contributed by atoms with Gasteiger partial charge in [-0.15, -0.1) is 0 Å².